The molecule has 106 valence electrons. The molecule has 1 unspecified atom stereocenters. The van der Waals surface area contributed by atoms with Crippen molar-refractivity contribution in [2.24, 2.45) is 0 Å². The summed E-state index contributed by atoms with van der Waals surface area (Å²) in [5, 5.41) is 18.5. The molecule has 1 fully saturated rings. The van der Waals surface area contributed by atoms with Gasteiger partial charge in [-0.25, -0.2) is 4.68 Å². The monoisotopic (exact) mass is 273 g/mol. The van der Waals surface area contributed by atoms with Gasteiger partial charge in [-0.3, -0.25) is 9.88 Å². The summed E-state index contributed by atoms with van der Waals surface area (Å²) < 4.78 is 1.70. The summed E-state index contributed by atoms with van der Waals surface area (Å²) in [6.45, 7) is 3.03. The summed E-state index contributed by atoms with van der Waals surface area (Å²) >= 11 is 0. The first kappa shape index (κ1) is 13.2. The maximum atomic E-state index is 10.7. The lowest BCUT2D eigenvalue weighted by Gasteiger charge is -2.39. The van der Waals surface area contributed by atoms with E-state index in [0.717, 1.165) is 25.9 Å². The van der Waals surface area contributed by atoms with Crippen LogP contribution in [0.25, 0.3) is 0 Å². The quantitative estimate of drug-likeness (QED) is 0.888. The molecule has 6 nitrogen and oxygen atoms in total. The SMILES string of the molecule is OC1(Cn2ccnn2)CCCN(Cc2ccncc2)C1. The van der Waals surface area contributed by atoms with E-state index in [1.807, 2.05) is 12.1 Å². The summed E-state index contributed by atoms with van der Waals surface area (Å²) in [7, 11) is 0. The molecule has 0 saturated carbocycles. The average Bonchev–Trinajstić information content (AvgIpc) is 2.92. The van der Waals surface area contributed by atoms with Crippen LogP contribution in [-0.2, 0) is 13.1 Å². The van der Waals surface area contributed by atoms with E-state index in [4.69, 9.17) is 0 Å². The van der Waals surface area contributed by atoms with Gasteiger partial charge in [0, 0.05) is 31.7 Å². The Morgan fingerprint density at radius 1 is 1.25 bits per heavy atom. The molecule has 0 radical (unpaired) electrons. The van der Waals surface area contributed by atoms with Gasteiger partial charge in [-0.1, -0.05) is 5.21 Å². The first-order chi connectivity index (χ1) is 9.73. The molecule has 3 heterocycles. The van der Waals surface area contributed by atoms with Crippen LogP contribution in [0, 0.1) is 0 Å². The highest BCUT2D eigenvalue weighted by atomic mass is 16.3. The van der Waals surface area contributed by atoms with Crippen LogP contribution in [0.5, 0.6) is 0 Å². The van der Waals surface area contributed by atoms with Crippen LogP contribution in [0.3, 0.4) is 0 Å². The predicted octanol–water partition coefficient (Wildman–Crippen LogP) is 0.700. The summed E-state index contributed by atoms with van der Waals surface area (Å²) in [4.78, 5) is 6.32. The number of aromatic nitrogens is 4. The lowest BCUT2D eigenvalue weighted by Crippen LogP contribution is -2.50. The van der Waals surface area contributed by atoms with Crippen LogP contribution in [-0.4, -0.2) is 48.7 Å². The van der Waals surface area contributed by atoms with E-state index in [2.05, 4.69) is 20.2 Å². The van der Waals surface area contributed by atoms with Crippen molar-refractivity contribution in [3.63, 3.8) is 0 Å². The van der Waals surface area contributed by atoms with E-state index in [0.29, 0.717) is 13.1 Å². The van der Waals surface area contributed by atoms with Gasteiger partial charge in [0.15, 0.2) is 0 Å². The Kier molecular flexibility index (Phi) is 3.75. The first-order valence-electron chi connectivity index (χ1n) is 6.91. The molecule has 1 N–H and O–H groups in total. The first-order valence-corrected chi connectivity index (χ1v) is 6.91. The summed E-state index contributed by atoms with van der Waals surface area (Å²) in [5.41, 5.74) is 0.504. The fourth-order valence-electron chi connectivity index (χ4n) is 2.84. The van der Waals surface area contributed by atoms with Crippen molar-refractivity contribution in [1.82, 2.24) is 24.9 Å². The molecule has 1 aliphatic rings. The molecule has 1 saturated heterocycles. The number of β-amino-alcohol motifs (C(OH)–C–C–N with tert-alkyl or cyclic N) is 1. The van der Waals surface area contributed by atoms with Gasteiger partial charge in [-0.05, 0) is 37.1 Å². The number of aliphatic hydroxyl groups is 1. The molecule has 0 aromatic carbocycles. The average molecular weight is 273 g/mol. The van der Waals surface area contributed by atoms with Crippen molar-refractivity contribution in [3.05, 3.63) is 42.5 Å². The number of hydrogen-bond donors (Lipinski definition) is 1. The van der Waals surface area contributed by atoms with Gasteiger partial charge in [0.25, 0.3) is 0 Å². The van der Waals surface area contributed by atoms with Gasteiger partial charge in [-0.15, -0.1) is 5.10 Å². The Hall–Kier alpha value is -1.79. The maximum absolute atomic E-state index is 10.7. The number of nitrogens with zero attached hydrogens (tertiary/aromatic N) is 5. The van der Waals surface area contributed by atoms with E-state index < -0.39 is 5.60 Å². The largest absolute Gasteiger partial charge is 0.387 e. The molecule has 1 atom stereocenters. The summed E-state index contributed by atoms with van der Waals surface area (Å²) in [6.07, 6.45) is 8.85. The van der Waals surface area contributed by atoms with Gasteiger partial charge in [0.1, 0.15) is 0 Å². The Bertz CT molecular complexity index is 530. The van der Waals surface area contributed by atoms with Gasteiger partial charge in [0.05, 0.1) is 18.3 Å². The molecule has 2 aromatic heterocycles. The van der Waals surface area contributed by atoms with E-state index in [1.165, 1.54) is 5.56 Å². The molecule has 0 aliphatic carbocycles. The molecular formula is C14H19N5O. The highest BCUT2D eigenvalue weighted by molar-refractivity contribution is 5.09. The van der Waals surface area contributed by atoms with Crippen molar-refractivity contribution in [1.29, 1.82) is 0 Å². The van der Waals surface area contributed by atoms with Crippen molar-refractivity contribution >= 4 is 0 Å². The fraction of sp³-hybridized carbons (Fsp3) is 0.500. The van der Waals surface area contributed by atoms with Gasteiger partial charge in [-0.2, -0.15) is 0 Å². The number of piperidine rings is 1. The molecule has 1 aliphatic heterocycles. The summed E-state index contributed by atoms with van der Waals surface area (Å²) in [5.74, 6) is 0. The second-order valence-corrected chi connectivity index (χ2v) is 5.49. The fourth-order valence-corrected chi connectivity index (χ4v) is 2.84. The lowest BCUT2D eigenvalue weighted by molar-refractivity contribution is -0.0478. The van der Waals surface area contributed by atoms with Crippen molar-refractivity contribution < 1.29 is 5.11 Å². The normalized spacial score (nSPS) is 23.9. The third-order valence-corrected chi connectivity index (χ3v) is 3.72. The number of hydrogen-bond acceptors (Lipinski definition) is 5. The Labute approximate surface area is 118 Å². The molecule has 2 aromatic rings. The third kappa shape index (κ3) is 3.20. The maximum Gasteiger partial charge on any atom is 0.0970 e. The summed E-state index contributed by atoms with van der Waals surface area (Å²) in [6, 6.07) is 4.04. The Morgan fingerprint density at radius 2 is 2.10 bits per heavy atom. The molecule has 6 heteroatoms. The Balaban J connectivity index is 1.64. The van der Waals surface area contributed by atoms with E-state index in [1.54, 1.807) is 29.5 Å². The predicted molar refractivity (Wildman–Crippen MR) is 73.7 cm³/mol. The topological polar surface area (TPSA) is 67.1 Å². The van der Waals surface area contributed by atoms with Crippen molar-refractivity contribution in [2.75, 3.05) is 13.1 Å². The number of rotatable bonds is 4. The number of likely N-dealkylation sites (tertiary alicyclic amines) is 1. The van der Waals surface area contributed by atoms with Gasteiger partial charge < -0.3 is 5.11 Å². The van der Waals surface area contributed by atoms with Crippen LogP contribution in [0.1, 0.15) is 18.4 Å². The molecular weight excluding hydrogens is 254 g/mol. The van der Waals surface area contributed by atoms with Crippen LogP contribution >= 0.6 is 0 Å². The van der Waals surface area contributed by atoms with Crippen LogP contribution in [0.2, 0.25) is 0 Å². The van der Waals surface area contributed by atoms with Crippen LogP contribution < -0.4 is 0 Å². The van der Waals surface area contributed by atoms with Gasteiger partial charge in [0.2, 0.25) is 0 Å². The Morgan fingerprint density at radius 3 is 2.85 bits per heavy atom. The smallest absolute Gasteiger partial charge is 0.0970 e. The zero-order chi connectivity index (χ0) is 13.8. The minimum Gasteiger partial charge on any atom is -0.387 e. The van der Waals surface area contributed by atoms with E-state index >= 15 is 0 Å². The van der Waals surface area contributed by atoms with Gasteiger partial charge >= 0.3 is 0 Å². The van der Waals surface area contributed by atoms with Crippen LogP contribution in [0.15, 0.2) is 36.9 Å². The second kappa shape index (κ2) is 5.68. The minimum atomic E-state index is -0.723. The molecule has 0 amide bonds. The second-order valence-electron chi connectivity index (χ2n) is 5.49. The van der Waals surface area contributed by atoms with Crippen molar-refractivity contribution in [3.8, 4) is 0 Å². The van der Waals surface area contributed by atoms with Crippen LogP contribution in [0.4, 0.5) is 0 Å². The van der Waals surface area contributed by atoms with E-state index in [9.17, 15) is 5.11 Å². The zero-order valence-corrected chi connectivity index (χ0v) is 11.4. The molecule has 0 spiro atoms. The highest BCUT2D eigenvalue weighted by Crippen LogP contribution is 2.24. The molecule has 3 rings (SSSR count). The molecule has 0 bridgehead atoms. The highest BCUT2D eigenvalue weighted by Gasteiger charge is 2.33. The van der Waals surface area contributed by atoms with E-state index in [-0.39, 0.29) is 0 Å². The lowest BCUT2D eigenvalue weighted by atomic mass is 9.92. The zero-order valence-electron chi connectivity index (χ0n) is 11.4. The number of pyridine rings is 1. The van der Waals surface area contributed by atoms with Crippen molar-refractivity contribution in [2.45, 2.75) is 31.5 Å². The third-order valence-electron chi connectivity index (χ3n) is 3.72. The molecule has 20 heavy (non-hydrogen) atoms. The standard InChI is InChI=1S/C14H19N5O/c20-14(12-19-9-7-16-17-19)4-1-8-18(11-14)10-13-2-5-15-6-3-13/h2-3,5-7,9,20H,1,4,8,10-12H2. The minimum absolute atomic E-state index is 0.500.